The Labute approximate surface area is 106 Å². The van der Waals surface area contributed by atoms with Crippen molar-refractivity contribution in [2.75, 3.05) is 0 Å². The van der Waals surface area contributed by atoms with Crippen molar-refractivity contribution >= 4 is 42.8 Å². The minimum Gasteiger partial charge on any atom is -0.507 e. The Hall–Kier alpha value is -1.14. The number of fused-ring (bicyclic) bond motifs is 1. The normalized spacial score (nSPS) is 10.6. The highest BCUT2D eigenvalue weighted by molar-refractivity contribution is 9.11. The summed E-state index contributed by atoms with van der Waals surface area (Å²) in [6.07, 6.45) is 0. The summed E-state index contributed by atoms with van der Waals surface area (Å²) < 4.78 is 1.31. The molecule has 0 spiro atoms. The fourth-order valence-corrected chi connectivity index (χ4v) is 2.67. The predicted octanol–water partition coefficient (Wildman–Crippen LogP) is 2.12. The van der Waals surface area contributed by atoms with Crippen LogP contribution in [0.1, 0.15) is 0 Å². The highest BCUT2D eigenvalue weighted by Crippen LogP contribution is 2.30. The van der Waals surface area contributed by atoms with Gasteiger partial charge in [0.15, 0.2) is 0 Å². The second-order valence-electron chi connectivity index (χ2n) is 3.16. The molecule has 16 heavy (non-hydrogen) atoms. The third-order valence-electron chi connectivity index (χ3n) is 2.06. The fourth-order valence-electron chi connectivity index (χ4n) is 1.35. The molecular weight excluding hydrogens is 342 g/mol. The smallest absolute Gasteiger partial charge is 0.296 e. The number of aromatic nitrogens is 1. The molecule has 0 aliphatic heterocycles. The Balaban J connectivity index is 3.16. The Kier molecular flexibility index (Phi) is 2.86. The van der Waals surface area contributed by atoms with Crippen molar-refractivity contribution in [1.82, 2.24) is 4.98 Å². The van der Waals surface area contributed by atoms with E-state index < -0.39 is 11.0 Å². The summed E-state index contributed by atoms with van der Waals surface area (Å²) in [5, 5.41) is 10.1. The topological polar surface area (TPSA) is 70.2 Å². The zero-order chi connectivity index (χ0) is 11.9. The molecule has 2 aromatic rings. The molecule has 1 aromatic heterocycles. The predicted molar refractivity (Wildman–Crippen MR) is 67.9 cm³/mol. The van der Waals surface area contributed by atoms with Gasteiger partial charge in [-0.3, -0.25) is 9.59 Å². The summed E-state index contributed by atoms with van der Waals surface area (Å²) in [7, 11) is 0. The van der Waals surface area contributed by atoms with Gasteiger partial charge in [0.05, 0.1) is 5.52 Å². The number of halogens is 2. The van der Waals surface area contributed by atoms with Gasteiger partial charge in [-0.2, -0.15) is 0 Å². The van der Waals surface area contributed by atoms with E-state index in [9.17, 15) is 14.7 Å². The number of H-pyrrole nitrogens is 1. The lowest BCUT2D eigenvalue weighted by atomic mass is 10.2. The molecule has 0 saturated heterocycles. The Morgan fingerprint density at radius 1 is 1.12 bits per heavy atom. The average molecular weight is 347 g/mol. The van der Waals surface area contributed by atoms with Crippen LogP contribution in [0.15, 0.2) is 36.7 Å². The van der Waals surface area contributed by atoms with Crippen LogP contribution in [0.25, 0.3) is 10.9 Å². The Morgan fingerprint density at radius 3 is 2.50 bits per heavy atom. The minimum absolute atomic E-state index is 0.236. The second kappa shape index (κ2) is 4.03. The number of nitrogens with one attached hydrogen (secondary N) is 1. The maximum absolute atomic E-state index is 11.3. The van der Waals surface area contributed by atoms with Crippen LogP contribution in [0.3, 0.4) is 0 Å². The minimum atomic E-state index is -0.781. The number of benzene rings is 1. The summed E-state index contributed by atoms with van der Waals surface area (Å²) >= 11 is 6.51. The van der Waals surface area contributed by atoms with Crippen LogP contribution >= 0.6 is 31.9 Å². The van der Waals surface area contributed by atoms with Crippen molar-refractivity contribution in [3.05, 3.63) is 47.7 Å². The van der Waals surface area contributed by atoms with E-state index in [-0.39, 0.29) is 5.75 Å². The van der Waals surface area contributed by atoms with Gasteiger partial charge in [-0.1, -0.05) is 15.9 Å². The molecule has 1 aromatic carbocycles. The fraction of sp³-hybridized carbons (Fsp3) is 0. The highest BCUT2D eigenvalue weighted by atomic mass is 79.9. The van der Waals surface area contributed by atoms with E-state index in [0.717, 1.165) is 10.5 Å². The van der Waals surface area contributed by atoms with Gasteiger partial charge in [0.2, 0.25) is 5.43 Å². The van der Waals surface area contributed by atoms with Crippen molar-refractivity contribution in [1.29, 1.82) is 0 Å². The van der Waals surface area contributed by atoms with E-state index >= 15 is 0 Å². The first kappa shape index (κ1) is 11.3. The van der Waals surface area contributed by atoms with Gasteiger partial charge >= 0.3 is 0 Å². The SMILES string of the molecule is O=c1cc(O)c2cc(Br)cc(Br)c2[nH]c1=O. The number of rotatable bonds is 0. The molecule has 1 heterocycles. The third kappa shape index (κ3) is 1.90. The van der Waals surface area contributed by atoms with Gasteiger partial charge in [-0.05, 0) is 28.1 Å². The number of aromatic hydroxyl groups is 1. The van der Waals surface area contributed by atoms with E-state index in [0.29, 0.717) is 15.4 Å². The highest BCUT2D eigenvalue weighted by Gasteiger charge is 2.06. The molecule has 0 fully saturated rings. The van der Waals surface area contributed by atoms with Crippen molar-refractivity contribution < 1.29 is 5.11 Å². The van der Waals surface area contributed by atoms with Crippen LogP contribution < -0.4 is 11.0 Å². The maximum Gasteiger partial charge on any atom is 0.296 e. The van der Waals surface area contributed by atoms with Crippen LogP contribution in [0.5, 0.6) is 5.75 Å². The van der Waals surface area contributed by atoms with E-state index in [1.165, 1.54) is 0 Å². The van der Waals surface area contributed by atoms with E-state index in [1.807, 2.05) is 0 Å². The monoisotopic (exact) mass is 345 g/mol. The van der Waals surface area contributed by atoms with Gasteiger partial charge in [0, 0.05) is 20.4 Å². The van der Waals surface area contributed by atoms with Crippen LogP contribution in [0.4, 0.5) is 0 Å². The van der Waals surface area contributed by atoms with Gasteiger partial charge in [-0.15, -0.1) is 0 Å². The zero-order valence-corrected chi connectivity index (χ0v) is 10.9. The van der Waals surface area contributed by atoms with Crippen molar-refractivity contribution in [3.8, 4) is 5.75 Å². The number of hydrogen-bond donors (Lipinski definition) is 2. The van der Waals surface area contributed by atoms with Crippen molar-refractivity contribution in [3.63, 3.8) is 0 Å². The lowest BCUT2D eigenvalue weighted by Crippen LogP contribution is -2.22. The molecule has 0 saturated carbocycles. The zero-order valence-electron chi connectivity index (χ0n) is 7.75. The average Bonchev–Trinajstić information content (AvgIpc) is 2.29. The lowest BCUT2D eigenvalue weighted by molar-refractivity contribution is 0.481. The second-order valence-corrected chi connectivity index (χ2v) is 4.93. The molecule has 0 aliphatic rings. The first-order valence-electron chi connectivity index (χ1n) is 4.24. The molecule has 0 unspecified atom stereocenters. The molecule has 4 nitrogen and oxygen atoms in total. The third-order valence-corrected chi connectivity index (χ3v) is 3.14. The molecule has 0 radical (unpaired) electrons. The first-order chi connectivity index (χ1) is 7.49. The van der Waals surface area contributed by atoms with E-state index in [2.05, 4.69) is 36.8 Å². The molecule has 2 N–H and O–H groups in total. The van der Waals surface area contributed by atoms with Gasteiger partial charge in [0.1, 0.15) is 5.75 Å². The van der Waals surface area contributed by atoms with Gasteiger partial charge in [-0.25, -0.2) is 0 Å². The first-order valence-corrected chi connectivity index (χ1v) is 5.83. The van der Waals surface area contributed by atoms with Gasteiger partial charge < -0.3 is 10.1 Å². The summed E-state index contributed by atoms with van der Waals surface area (Å²) in [4.78, 5) is 25.0. The number of aromatic amines is 1. The molecule has 82 valence electrons. The van der Waals surface area contributed by atoms with Crippen molar-refractivity contribution in [2.45, 2.75) is 0 Å². The van der Waals surface area contributed by atoms with E-state index in [1.54, 1.807) is 12.1 Å². The quantitative estimate of drug-likeness (QED) is 0.718. The maximum atomic E-state index is 11.3. The Bertz CT molecular complexity index is 694. The summed E-state index contributed by atoms with van der Waals surface area (Å²) in [6.45, 7) is 0. The summed E-state index contributed by atoms with van der Waals surface area (Å²) in [5.74, 6) is -0.236. The standard InChI is InChI=1S/C10H5Br2NO3/c11-4-1-5-7(14)3-8(15)10(16)13-9(5)6(12)2-4/h1-3,14H,(H,13,15,16). The summed E-state index contributed by atoms with van der Waals surface area (Å²) in [5.41, 5.74) is -1.17. The molecular formula is C10H5Br2NO3. The number of hydrogen-bond acceptors (Lipinski definition) is 3. The van der Waals surface area contributed by atoms with Crippen LogP contribution in [0, 0.1) is 0 Å². The molecule has 6 heteroatoms. The lowest BCUT2D eigenvalue weighted by Gasteiger charge is -1.99. The van der Waals surface area contributed by atoms with Crippen LogP contribution in [-0.4, -0.2) is 10.1 Å². The van der Waals surface area contributed by atoms with Crippen LogP contribution in [0.2, 0.25) is 0 Å². The molecule has 0 atom stereocenters. The molecule has 0 bridgehead atoms. The molecule has 2 rings (SSSR count). The van der Waals surface area contributed by atoms with Crippen molar-refractivity contribution in [2.24, 2.45) is 0 Å². The largest absolute Gasteiger partial charge is 0.507 e. The molecule has 0 aliphatic carbocycles. The van der Waals surface area contributed by atoms with Crippen LogP contribution in [-0.2, 0) is 0 Å². The summed E-state index contributed by atoms with van der Waals surface area (Å²) in [6, 6.07) is 4.23. The van der Waals surface area contributed by atoms with E-state index in [4.69, 9.17) is 0 Å². The van der Waals surface area contributed by atoms with Gasteiger partial charge in [0.25, 0.3) is 5.56 Å². The Morgan fingerprint density at radius 2 is 1.81 bits per heavy atom. The molecule has 0 amide bonds.